The molecule has 0 aliphatic heterocycles. The van der Waals surface area contributed by atoms with E-state index in [9.17, 15) is 0 Å². The van der Waals surface area contributed by atoms with Crippen molar-refractivity contribution in [1.29, 1.82) is 0 Å². The summed E-state index contributed by atoms with van der Waals surface area (Å²) in [5, 5.41) is 2.66. The van der Waals surface area contributed by atoms with Gasteiger partial charge in [0.2, 0.25) is 0 Å². The average molecular weight is 476 g/mol. The van der Waals surface area contributed by atoms with Gasteiger partial charge in [0.05, 0.1) is 0 Å². The van der Waals surface area contributed by atoms with Gasteiger partial charge in [-0.1, -0.05) is 68.1 Å². The van der Waals surface area contributed by atoms with Crippen LogP contribution in [0.4, 0.5) is 0 Å². The van der Waals surface area contributed by atoms with Crippen molar-refractivity contribution in [3.05, 3.63) is 89.0 Å². The number of hydrogen-bond acceptors (Lipinski definition) is 0. The molecule has 1 aliphatic carbocycles. The number of rotatable bonds is 1. The third-order valence-corrected chi connectivity index (χ3v) is 5.35. The quantitative estimate of drug-likeness (QED) is 0.247. The van der Waals surface area contributed by atoms with E-state index in [1.54, 1.807) is 23.3 Å². The fourth-order valence-electron chi connectivity index (χ4n) is 3.42. The Labute approximate surface area is 192 Å². The number of benzene rings is 2. The number of allylic oxidation sites excluding steroid dienone is 4. The summed E-state index contributed by atoms with van der Waals surface area (Å²) in [5.74, 6) is 0.560. The Hall–Kier alpha value is -1.37. The second-order valence-corrected chi connectivity index (χ2v) is 17.3. The molecule has 0 bridgehead atoms. The van der Waals surface area contributed by atoms with E-state index in [1.807, 2.05) is 0 Å². The third-order valence-electron chi connectivity index (χ3n) is 5.35. The van der Waals surface area contributed by atoms with Gasteiger partial charge in [0.15, 0.2) is 0 Å². The zero-order valence-electron chi connectivity index (χ0n) is 18.9. The van der Waals surface area contributed by atoms with Crippen LogP contribution in [0.5, 0.6) is 0 Å². The maximum Gasteiger partial charge on any atom is -0.0400 e. The van der Waals surface area contributed by atoms with E-state index in [-0.39, 0.29) is 5.43 Å². The molecule has 0 amide bonds. The summed E-state index contributed by atoms with van der Waals surface area (Å²) >= 11 is 1.74. The maximum absolute atomic E-state index is 3.36. The van der Waals surface area contributed by atoms with Crippen LogP contribution in [0.15, 0.2) is 77.4 Å². The van der Waals surface area contributed by atoms with E-state index in [2.05, 4.69) is 114 Å². The molecule has 0 spiro atoms. The van der Waals surface area contributed by atoms with Gasteiger partial charge >= 0.3 is 41.9 Å². The van der Waals surface area contributed by atoms with Crippen molar-refractivity contribution in [2.75, 3.05) is 0 Å². The second-order valence-electron chi connectivity index (χ2n) is 7.95. The molecule has 1 unspecified atom stereocenters. The molecule has 0 heterocycles. The van der Waals surface area contributed by atoms with E-state index >= 15 is 0 Å². The van der Waals surface area contributed by atoms with Crippen molar-refractivity contribution in [1.82, 2.24) is 0 Å². The van der Waals surface area contributed by atoms with Gasteiger partial charge in [0.1, 0.15) is 0 Å². The normalized spacial score (nSPS) is 15.3. The van der Waals surface area contributed by atoms with Crippen LogP contribution in [0.2, 0.25) is 13.1 Å². The largest absolute Gasteiger partial charge is 0.150 e. The summed E-state index contributed by atoms with van der Waals surface area (Å²) in [7, 11) is 0. The first-order chi connectivity index (χ1) is 13.7. The molecule has 4 rings (SSSR count). The molecule has 29 heavy (non-hydrogen) atoms. The standard InChI is InChI=1S/C16H13.C9H13.C2H6Si.Zr/c1-12-6-2-4-8-14(12)16-11-10-13-7-3-5-9-15(13)16;1-6-5-7(2)9(4)8(6)3;1-3-2;/h2-11H,1H3;6H,1-4H3;1-2H3;/q2*-1;;+2. The molecular weight excluding hydrogens is 444 g/mol. The minimum Gasteiger partial charge on any atom is -0.150 e. The second kappa shape index (κ2) is 11.1. The van der Waals surface area contributed by atoms with Crippen molar-refractivity contribution in [3.8, 4) is 11.1 Å². The van der Waals surface area contributed by atoms with Crippen molar-refractivity contribution in [2.45, 2.75) is 47.7 Å². The molecule has 3 aromatic carbocycles. The molecular formula is C27H32SiZr. The summed E-state index contributed by atoms with van der Waals surface area (Å²) in [6.45, 7) is 15.4. The van der Waals surface area contributed by atoms with Crippen molar-refractivity contribution < 1.29 is 23.3 Å². The zero-order valence-corrected chi connectivity index (χ0v) is 22.3. The first-order valence-electron chi connectivity index (χ1n) is 10.2. The number of aryl methyl sites for hydroxylation is 1. The van der Waals surface area contributed by atoms with Gasteiger partial charge < -0.3 is 0 Å². The molecule has 0 saturated carbocycles. The fourth-order valence-corrected chi connectivity index (χ4v) is 3.42. The predicted octanol–water partition coefficient (Wildman–Crippen LogP) is 8.04. The molecule has 0 saturated heterocycles. The van der Waals surface area contributed by atoms with E-state index in [0.717, 1.165) is 0 Å². The molecule has 1 atom stereocenters. The van der Waals surface area contributed by atoms with E-state index < -0.39 is 0 Å². The predicted molar refractivity (Wildman–Crippen MR) is 127 cm³/mol. The Morgan fingerprint density at radius 1 is 0.897 bits per heavy atom. The van der Waals surface area contributed by atoms with Gasteiger partial charge in [-0.05, 0) is 6.92 Å². The van der Waals surface area contributed by atoms with Gasteiger partial charge in [-0.15, -0.1) is 53.6 Å². The first kappa shape index (κ1) is 23.9. The Morgan fingerprint density at radius 2 is 1.48 bits per heavy atom. The monoisotopic (exact) mass is 474 g/mol. The van der Waals surface area contributed by atoms with Gasteiger partial charge in [-0.2, -0.15) is 11.1 Å². The minimum absolute atomic E-state index is 0.210. The minimum atomic E-state index is 0.210. The van der Waals surface area contributed by atoms with Crippen LogP contribution in [0, 0.1) is 18.9 Å². The smallest absolute Gasteiger partial charge is 0.0400 e. The third kappa shape index (κ3) is 6.56. The van der Waals surface area contributed by atoms with Gasteiger partial charge in [0.25, 0.3) is 0 Å². The Balaban J connectivity index is 0.000000195. The number of hydrogen-bond donors (Lipinski definition) is 0. The molecule has 148 valence electrons. The summed E-state index contributed by atoms with van der Waals surface area (Å²) in [4.78, 5) is 0. The van der Waals surface area contributed by atoms with E-state index in [0.29, 0.717) is 5.92 Å². The van der Waals surface area contributed by atoms with Crippen molar-refractivity contribution in [2.24, 2.45) is 5.92 Å². The molecule has 2 heteroatoms. The Morgan fingerprint density at radius 3 is 2.00 bits per heavy atom. The van der Waals surface area contributed by atoms with Crippen LogP contribution in [0.1, 0.15) is 33.3 Å². The van der Waals surface area contributed by atoms with Crippen molar-refractivity contribution in [3.63, 3.8) is 0 Å². The summed E-state index contributed by atoms with van der Waals surface area (Å²) < 4.78 is 0. The van der Waals surface area contributed by atoms with Gasteiger partial charge in [-0.25, -0.2) is 5.57 Å². The topological polar surface area (TPSA) is 0 Å². The molecule has 0 fully saturated rings. The molecule has 0 nitrogen and oxygen atoms in total. The molecule has 1 aliphatic rings. The number of fused-ring (bicyclic) bond motifs is 1. The average Bonchev–Trinajstić information content (AvgIpc) is 3.19. The Kier molecular flexibility index (Phi) is 9.18. The molecule has 0 aromatic heterocycles. The summed E-state index contributed by atoms with van der Waals surface area (Å²) in [6, 6.07) is 21.5. The first-order valence-corrected chi connectivity index (χ1v) is 16.4. The van der Waals surface area contributed by atoms with Crippen molar-refractivity contribution >= 4 is 16.2 Å². The summed E-state index contributed by atoms with van der Waals surface area (Å²) in [5.41, 5.74) is 8.47. The van der Waals surface area contributed by atoms with Crippen LogP contribution in [0.25, 0.3) is 21.9 Å². The van der Waals surface area contributed by atoms with E-state index in [1.165, 1.54) is 44.2 Å². The van der Waals surface area contributed by atoms with Crippen LogP contribution in [-0.4, -0.2) is 5.43 Å². The maximum atomic E-state index is 3.36. The van der Waals surface area contributed by atoms with Crippen LogP contribution < -0.4 is 0 Å². The van der Waals surface area contributed by atoms with Gasteiger partial charge in [-0.3, -0.25) is 6.08 Å². The molecule has 0 N–H and O–H groups in total. The zero-order chi connectivity index (χ0) is 21.6. The van der Waals surface area contributed by atoms with Crippen LogP contribution in [-0.2, 0) is 23.3 Å². The summed E-state index contributed by atoms with van der Waals surface area (Å²) in [6.07, 6.45) is 3.36. The Bertz CT molecular complexity index is 1050. The molecule has 0 radical (unpaired) electrons. The molecule has 3 aromatic rings. The fraction of sp³-hybridized carbons (Fsp3) is 0.296. The van der Waals surface area contributed by atoms with Crippen LogP contribution in [0.3, 0.4) is 0 Å². The SMILES string of the molecule is CC1=[C-]C(C)C(C)=C1C.C[Si](C)=[Zr+2].Cc1ccccc1-c1c[cH-]c2ccccc12. The van der Waals surface area contributed by atoms with Gasteiger partial charge in [0, 0.05) is 0 Å². The van der Waals surface area contributed by atoms with Crippen LogP contribution >= 0.6 is 0 Å². The van der Waals surface area contributed by atoms with E-state index in [4.69, 9.17) is 0 Å².